The number of rotatable bonds is 6. The van der Waals surface area contributed by atoms with Crippen molar-refractivity contribution >= 4 is 80.5 Å². The summed E-state index contributed by atoms with van der Waals surface area (Å²) in [6, 6.07) is 10.2. The Bertz CT molecular complexity index is 1710. The number of phenolic OH excluding ortho intramolecular Hbond substituents is 1. The summed E-state index contributed by atoms with van der Waals surface area (Å²) >= 11 is 17.5. The molecule has 228 valence electrons. The van der Waals surface area contributed by atoms with Crippen molar-refractivity contribution in [1.29, 1.82) is 0 Å². The molecule has 0 bridgehead atoms. The molecule has 44 heavy (non-hydrogen) atoms. The third-order valence-corrected chi connectivity index (χ3v) is 11.0. The van der Waals surface area contributed by atoms with Crippen LogP contribution in [0.1, 0.15) is 28.8 Å². The summed E-state index contributed by atoms with van der Waals surface area (Å²) in [6.45, 7) is 0. The number of hydrogen-bond acceptors (Lipinski definition) is 7. The van der Waals surface area contributed by atoms with Crippen LogP contribution in [0.2, 0.25) is 0 Å². The molecule has 2 heterocycles. The average molecular weight is 704 g/mol. The van der Waals surface area contributed by atoms with E-state index in [0.717, 1.165) is 9.80 Å². The van der Waals surface area contributed by atoms with E-state index in [0.29, 0.717) is 11.1 Å². The topological polar surface area (TPSA) is 142 Å². The number of carboxylic acid groups (broad SMARTS) is 1. The van der Waals surface area contributed by atoms with Crippen LogP contribution in [0.25, 0.3) is 6.08 Å². The van der Waals surface area contributed by atoms with Gasteiger partial charge in [0.15, 0.2) is 21.2 Å². The lowest BCUT2D eigenvalue weighted by molar-refractivity contribution is -0.138. The van der Waals surface area contributed by atoms with Crippen LogP contribution in [0.4, 0.5) is 5.69 Å². The monoisotopic (exact) mass is 702 g/mol. The Morgan fingerprint density at radius 1 is 1.09 bits per heavy atom. The number of halogens is 3. The van der Waals surface area contributed by atoms with Gasteiger partial charge in [0.05, 0.1) is 35.7 Å². The van der Waals surface area contributed by atoms with Crippen molar-refractivity contribution in [3.05, 3.63) is 71.3 Å². The fourth-order valence-corrected chi connectivity index (χ4v) is 8.42. The molecule has 10 nitrogen and oxygen atoms in total. The number of carbonyl (C=O) groups excluding carboxylic acids is 4. The van der Waals surface area contributed by atoms with Gasteiger partial charge in [-0.05, 0) is 54.7 Å². The van der Waals surface area contributed by atoms with E-state index >= 15 is 0 Å². The van der Waals surface area contributed by atoms with E-state index in [9.17, 15) is 34.2 Å². The summed E-state index contributed by atoms with van der Waals surface area (Å²) in [7, 11) is 1.41. The van der Waals surface area contributed by atoms with Gasteiger partial charge in [-0.3, -0.25) is 29.0 Å². The molecule has 2 aliphatic carbocycles. The van der Waals surface area contributed by atoms with E-state index in [1.807, 2.05) is 0 Å². The largest absolute Gasteiger partial charge is 0.504 e. The van der Waals surface area contributed by atoms with Crippen molar-refractivity contribution in [2.24, 2.45) is 23.7 Å². The Morgan fingerprint density at radius 3 is 2.52 bits per heavy atom. The SMILES string of the molecule is COc1cc(C=C[C@H]2C3=CC[C@@H]4C(=O)N(c5cccc(C(=O)O)c5)C(=O)[C@@H]4[C@@H]3C[C@@]3(Cl)C(=O)N(CBr)C(=O)[C@@]23Cl)ccc1O. The summed E-state index contributed by atoms with van der Waals surface area (Å²) in [5.74, 6) is -6.83. The number of aromatic hydroxyl groups is 1. The Hall–Kier alpha value is -3.67. The van der Waals surface area contributed by atoms with Gasteiger partial charge < -0.3 is 14.9 Å². The molecule has 2 aromatic carbocycles. The lowest BCUT2D eigenvalue weighted by Crippen LogP contribution is -2.60. The first-order valence-electron chi connectivity index (χ1n) is 13.7. The number of methoxy groups -OCH3 is 1. The number of carboxylic acids is 1. The third-order valence-electron chi connectivity index (χ3n) is 9.11. The zero-order chi connectivity index (χ0) is 31.7. The summed E-state index contributed by atoms with van der Waals surface area (Å²) in [5.41, 5.74) is 1.12. The Morgan fingerprint density at radius 2 is 1.84 bits per heavy atom. The minimum atomic E-state index is -1.94. The van der Waals surface area contributed by atoms with Crippen LogP contribution >= 0.6 is 39.1 Å². The Balaban J connectivity index is 1.46. The molecule has 2 N–H and O–H groups in total. The number of allylic oxidation sites excluding steroid dienone is 3. The van der Waals surface area contributed by atoms with Gasteiger partial charge >= 0.3 is 5.97 Å². The maximum atomic E-state index is 14.0. The van der Waals surface area contributed by atoms with Gasteiger partial charge in [-0.15, -0.1) is 23.2 Å². The van der Waals surface area contributed by atoms with Crippen LogP contribution in [-0.4, -0.2) is 67.0 Å². The minimum absolute atomic E-state index is 0.0654. The molecule has 0 unspecified atom stereocenters. The molecular formula is C31H25BrCl2N2O8. The number of alkyl halides is 3. The predicted octanol–water partition coefficient (Wildman–Crippen LogP) is 4.56. The van der Waals surface area contributed by atoms with Crippen molar-refractivity contribution in [1.82, 2.24) is 4.90 Å². The van der Waals surface area contributed by atoms with Crippen molar-refractivity contribution in [3.63, 3.8) is 0 Å². The molecule has 2 aliphatic heterocycles. The van der Waals surface area contributed by atoms with Gasteiger partial charge in [0.25, 0.3) is 11.8 Å². The number of imide groups is 2. The lowest BCUT2D eigenvalue weighted by Gasteiger charge is -2.49. The standard InChI is InChI=1S/C31H25BrCl2N2O8/c1-44-23-11-15(6-10-22(23)37)5-9-21-18-7-8-19-24(20(18)13-30(33)28(42)35(14-32)29(43)31(21,30)34)26(39)36(25(19)38)17-4-2-3-16(12-17)27(40)41/h2-7,9-12,19-21,24,37H,8,13-14H2,1H3,(H,40,41)/t19-,20+,21-,24-,30+,31-/m0/s1. The number of aromatic carboxylic acids is 1. The second-order valence-electron chi connectivity index (χ2n) is 11.2. The number of carbonyl (C=O) groups is 5. The molecule has 4 amide bonds. The normalized spacial score (nSPS) is 31.2. The first kappa shape index (κ1) is 30.4. The molecule has 13 heteroatoms. The molecular weight excluding hydrogens is 679 g/mol. The number of fused-ring (bicyclic) bond motifs is 4. The van der Waals surface area contributed by atoms with Crippen LogP contribution in [0.5, 0.6) is 11.5 Å². The van der Waals surface area contributed by atoms with Gasteiger partial charge in [0, 0.05) is 5.92 Å². The highest BCUT2D eigenvalue weighted by atomic mass is 79.9. The number of amides is 4. The van der Waals surface area contributed by atoms with Crippen molar-refractivity contribution in [2.45, 2.75) is 22.6 Å². The van der Waals surface area contributed by atoms with E-state index in [4.69, 9.17) is 27.9 Å². The number of hydrogen-bond donors (Lipinski definition) is 2. The highest BCUT2D eigenvalue weighted by molar-refractivity contribution is 9.09. The molecule has 2 aromatic rings. The number of benzene rings is 2. The molecule has 2 saturated heterocycles. The number of likely N-dealkylation sites (tertiary alicyclic amines) is 1. The second-order valence-corrected chi connectivity index (χ2v) is 12.9. The van der Waals surface area contributed by atoms with Crippen LogP contribution in [-0.2, 0) is 19.2 Å². The molecule has 0 radical (unpaired) electrons. The van der Waals surface area contributed by atoms with E-state index in [-0.39, 0.29) is 41.0 Å². The maximum absolute atomic E-state index is 14.0. The van der Waals surface area contributed by atoms with Crippen molar-refractivity contribution in [3.8, 4) is 11.5 Å². The molecule has 0 aromatic heterocycles. The molecule has 3 fully saturated rings. The Labute approximate surface area is 270 Å². The fraction of sp³-hybridized carbons (Fsp3) is 0.323. The fourth-order valence-electron chi connectivity index (χ4n) is 7.04. The number of phenols is 1. The van der Waals surface area contributed by atoms with Gasteiger partial charge in [-0.25, -0.2) is 4.79 Å². The van der Waals surface area contributed by atoms with Crippen LogP contribution < -0.4 is 9.64 Å². The molecule has 1 saturated carbocycles. The Kier molecular flexibility index (Phi) is 7.41. The number of nitrogens with zero attached hydrogens (tertiary/aromatic N) is 2. The average Bonchev–Trinajstić information content (AvgIpc) is 3.34. The highest BCUT2D eigenvalue weighted by Gasteiger charge is 2.75. The van der Waals surface area contributed by atoms with Crippen LogP contribution in [0, 0.1) is 23.7 Å². The van der Waals surface area contributed by atoms with Gasteiger partial charge in [0.2, 0.25) is 11.8 Å². The second kappa shape index (κ2) is 10.7. The first-order chi connectivity index (χ1) is 20.9. The maximum Gasteiger partial charge on any atom is 0.335 e. The van der Waals surface area contributed by atoms with E-state index in [2.05, 4.69) is 15.9 Å². The van der Waals surface area contributed by atoms with E-state index in [1.54, 1.807) is 30.4 Å². The van der Waals surface area contributed by atoms with Gasteiger partial charge in [-0.2, -0.15) is 0 Å². The quantitative estimate of drug-likeness (QED) is 0.193. The summed E-state index contributed by atoms with van der Waals surface area (Å²) in [4.78, 5) is 64.9. The zero-order valence-electron chi connectivity index (χ0n) is 23.1. The summed E-state index contributed by atoms with van der Waals surface area (Å²) < 4.78 is 5.20. The molecule has 4 aliphatic rings. The first-order valence-corrected chi connectivity index (χ1v) is 15.5. The minimum Gasteiger partial charge on any atom is -0.504 e. The summed E-state index contributed by atoms with van der Waals surface area (Å²) in [6.07, 6.45) is 5.13. The molecule has 6 atom stereocenters. The van der Waals surface area contributed by atoms with E-state index < -0.39 is 63.0 Å². The number of anilines is 1. The smallest absolute Gasteiger partial charge is 0.335 e. The molecule has 0 spiro atoms. The van der Waals surface area contributed by atoms with Crippen molar-refractivity contribution in [2.75, 3.05) is 17.5 Å². The molecule has 6 rings (SSSR count). The van der Waals surface area contributed by atoms with Crippen molar-refractivity contribution < 1.29 is 38.9 Å². The number of ether oxygens (including phenoxy) is 1. The predicted molar refractivity (Wildman–Crippen MR) is 164 cm³/mol. The van der Waals surface area contributed by atoms with E-state index in [1.165, 1.54) is 37.4 Å². The van der Waals surface area contributed by atoms with Gasteiger partial charge in [-0.1, -0.05) is 51.9 Å². The lowest BCUT2D eigenvalue weighted by atomic mass is 9.57. The van der Waals surface area contributed by atoms with Gasteiger partial charge in [0.1, 0.15) is 0 Å². The zero-order valence-corrected chi connectivity index (χ0v) is 26.2. The highest BCUT2D eigenvalue weighted by Crippen LogP contribution is 2.63. The summed E-state index contributed by atoms with van der Waals surface area (Å²) in [5, 5.41) is 19.5. The van der Waals surface area contributed by atoms with Crippen LogP contribution in [0.15, 0.2) is 60.2 Å². The van der Waals surface area contributed by atoms with Crippen LogP contribution in [0.3, 0.4) is 0 Å². The third kappa shape index (κ3) is 4.16.